The predicted octanol–water partition coefficient (Wildman–Crippen LogP) is 1.66. The Bertz CT molecular complexity index is 549. The second kappa shape index (κ2) is 8.55. The van der Waals surface area contributed by atoms with Crippen LogP contribution < -0.4 is 10.6 Å². The Hall–Kier alpha value is -2.05. The lowest BCUT2D eigenvalue weighted by atomic mass is 10.1. The van der Waals surface area contributed by atoms with E-state index in [-0.39, 0.29) is 18.0 Å². The Balaban J connectivity index is 2.46. The van der Waals surface area contributed by atoms with Crippen molar-refractivity contribution in [3.8, 4) is 0 Å². The fraction of sp³-hybridized carbons (Fsp3) is 0.688. The second-order valence-corrected chi connectivity index (χ2v) is 5.65. The SMILES string of the molecule is CCN(CC)C(=O)CCNC(=O)N[C@@H](C)c1c(C)nn(C)c1C. The van der Waals surface area contributed by atoms with Crippen molar-refractivity contribution in [3.05, 3.63) is 17.0 Å². The van der Waals surface area contributed by atoms with E-state index in [2.05, 4.69) is 15.7 Å². The molecule has 130 valence electrons. The van der Waals surface area contributed by atoms with E-state index in [0.29, 0.717) is 26.1 Å². The molecule has 0 saturated heterocycles. The molecule has 0 radical (unpaired) electrons. The number of aromatic nitrogens is 2. The van der Waals surface area contributed by atoms with Crippen LogP contribution in [0.2, 0.25) is 0 Å². The van der Waals surface area contributed by atoms with Gasteiger partial charge in [-0.15, -0.1) is 0 Å². The van der Waals surface area contributed by atoms with Crippen molar-refractivity contribution in [1.82, 2.24) is 25.3 Å². The average Bonchev–Trinajstić information content (AvgIpc) is 2.73. The van der Waals surface area contributed by atoms with Crippen LogP contribution in [0.3, 0.4) is 0 Å². The van der Waals surface area contributed by atoms with Crippen molar-refractivity contribution in [2.45, 2.75) is 47.1 Å². The van der Waals surface area contributed by atoms with Crippen LogP contribution >= 0.6 is 0 Å². The van der Waals surface area contributed by atoms with Crippen molar-refractivity contribution in [2.24, 2.45) is 7.05 Å². The lowest BCUT2D eigenvalue weighted by Gasteiger charge is -2.19. The van der Waals surface area contributed by atoms with Gasteiger partial charge >= 0.3 is 6.03 Å². The Morgan fingerprint density at radius 2 is 1.87 bits per heavy atom. The summed E-state index contributed by atoms with van der Waals surface area (Å²) in [5, 5.41) is 9.99. The van der Waals surface area contributed by atoms with E-state index < -0.39 is 0 Å². The summed E-state index contributed by atoms with van der Waals surface area (Å²) >= 11 is 0. The highest BCUT2D eigenvalue weighted by Crippen LogP contribution is 2.20. The number of carbonyl (C=O) groups excluding carboxylic acids is 2. The summed E-state index contributed by atoms with van der Waals surface area (Å²) in [4.78, 5) is 25.6. The van der Waals surface area contributed by atoms with Crippen LogP contribution in [0.4, 0.5) is 4.79 Å². The number of urea groups is 1. The molecule has 1 atom stereocenters. The molecular formula is C16H29N5O2. The van der Waals surface area contributed by atoms with Crippen molar-refractivity contribution in [2.75, 3.05) is 19.6 Å². The van der Waals surface area contributed by atoms with E-state index in [1.54, 1.807) is 4.90 Å². The van der Waals surface area contributed by atoms with E-state index in [4.69, 9.17) is 0 Å². The van der Waals surface area contributed by atoms with Gasteiger partial charge in [0.1, 0.15) is 0 Å². The van der Waals surface area contributed by atoms with Crippen LogP contribution in [-0.2, 0) is 11.8 Å². The maximum atomic E-state index is 12.0. The highest BCUT2D eigenvalue weighted by Gasteiger charge is 2.18. The van der Waals surface area contributed by atoms with Crippen LogP contribution in [0, 0.1) is 13.8 Å². The first kappa shape index (κ1) is 19.0. The molecule has 0 unspecified atom stereocenters. The van der Waals surface area contributed by atoms with Crippen LogP contribution in [0.5, 0.6) is 0 Å². The minimum Gasteiger partial charge on any atom is -0.343 e. The molecule has 1 heterocycles. The van der Waals surface area contributed by atoms with E-state index in [1.807, 2.05) is 46.3 Å². The van der Waals surface area contributed by atoms with E-state index in [0.717, 1.165) is 17.0 Å². The summed E-state index contributed by atoms with van der Waals surface area (Å²) in [6.07, 6.45) is 0.314. The number of carbonyl (C=O) groups is 2. The van der Waals surface area contributed by atoms with Crippen LogP contribution in [-0.4, -0.2) is 46.3 Å². The number of amides is 3. The van der Waals surface area contributed by atoms with Crippen LogP contribution in [0.1, 0.15) is 50.2 Å². The normalized spacial score (nSPS) is 11.9. The molecule has 0 aliphatic rings. The fourth-order valence-corrected chi connectivity index (χ4v) is 2.75. The van der Waals surface area contributed by atoms with Gasteiger partial charge in [0.2, 0.25) is 5.91 Å². The molecule has 0 saturated carbocycles. The van der Waals surface area contributed by atoms with E-state index in [9.17, 15) is 9.59 Å². The lowest BCUT2D eigenvalue weighted by molar-refractivity contribution is -0.130. The molecule has 1 aromatic rings. The molecule has 2 N–H and O–H groups in total. The third-order valence-corrected chi connectivity index (χ3v) is 4.09. The quantitative estimate of drug-likeness (QED) is 0.801. The standard InChI is InChI=1S/C16H29N5O2/c1-7-21(8-2)14(22)9-10-17-16(23)18-11(3)15-12(4)19-20(6)13(15)5/h11H,7-10H2,1-6H3,(H2,17,18,23)/t11-/m0/s1. The van der Waals surface area contributed by atoms with Crippen molar-refractivity contribution in [1.29, 1.82) is 0 Å². The molecule has 0 bridgehead atoms. The monoisotopic (exact) mass is 323 g/mol. The van der Waals surface area contributed by atoms with Crippen molar-refractivity contribution >= 4 is 11.9 Å². The van der Waals surface area contributed by atoms with Crippen LogP contribution in [0.25, 0.3) is 0 Å². The average molecular weight is 323 g/mol. The van der Waals surface area contributed by atoms with Gasteiger partial charge in [-0.3, -0.25) is 9.48 Å². The number of hydrogen-bond donors (Lipinski definition) is 2. The summed E-state index contributed by atoms with van der Waals surface area (Å²) < 4.78 is 1.81. The lowest BCUT2D eigenvalue weighted by Crippen LogP contribution is -2.40. The molecule has 1 aromatic heterocycles. The van der Waals surface area contributed by atoms with Gasteiger partial charge < -0.3 is 15.5 Å². The summed E-state index contributed by atoms with van der Waals surface area (Å²) in [7, 11) is 1.89. The third kappa shape index (κ3) is 4.97. The smallest absolute Gasteiger partial charge is 0.315 e. The second-order valence-electron chi connectivity index (χ2n) is 5.65. The number of aryl methyl sites for hydroxylation is 2. The number of nitrogens with zero attached hydrogens (tertiary/aromatic N) is 3. The number of nitrogens with one attached hydrogen (secondary N) is 2. The number of rotatable bonds is 7. The minimum absolute atomic E-state index is 0.0577. The van der Waals surface area contributed by atoms with Gasteiger partial charge in [0.05, 0.1) is 11.7 Å². The molecular weight excluding hydrogens is 294 g/mol. The molecule has 0 aliphatic heterocycles. The topological polar surface area (TPSA) is 79.3 Å². The molecule has 7 heteroatoms. The molecule has 0 spiro atoms. The summed E-state index contributed by atoms with van der Waals surface area (Å²) in [6.45, 7) is 11.5. The maximum Gasteiger partial charge on any atom is 0.315 e. The molecule has 3 amide bonds. The van der Waals surface area contributed by atoms with E-state index in [1.165, 1.54) is 0 Å². The molecule has 1 rings (SSSR count). The Kier molecular flexibility index (Phi) is 7.06. The first-order chi connectivity index (χ1) is 10.8. The first-order valence-corrected chi connectivity index (χ1v) is 8.13. The largest absolute Gasteiger partial charge is 0.343 e. The maximum absolute atomic E-state index is 12.0. The minimum atomic E-state index is -0.271. The Morgan fingerprint density at radius 3 is 2.35 bits per heavy atom. The van der Waals surface area contributed by atoms with Gasteiger partial charge in [-0.25, -0.2) is 4.79 Å². The summed E-state index contributed by atoms with van der Waals surface area (Å²) in [6, 6.07) is -0.408. The van der Waals surface area contributed by atoms with Gasteiger partial charge in [-0.05, 0) is 34.6 Å². The Labute approximate surface area is 138 Å². The molecule has 0 aliphatic carbocycles. The van der Waals surface area contributed by atoms with Gasteiger partial charge in [-0.1, -0.05) is 0 Å². The highest BCUT2D eigenvalue weighted by atomic mass is 16.2. The van der Waals surface area contributed by atoms with Gasteiger partial charge in [0.25, 0.3) is 0 Å². The number of hydrogen-bond acceptors (Lipinski definition) is 3. The van der Waals surface area contributed by atoms with Crippen molar-refractivity contribution < 1.29 is 9.59 Å². The molecule has 23 heavy (non-hydrogen) atoms. The molecule has 0 fully saturated rings. The van der Waals surface area contributed by atoms with Crippen molar-refractivity contribution in [3.63, 3.8) is 0 Å². The van der Waals surface area contributed by atoms with Gasteiger partial charge in [-0.2, -0.15) is 5.10 Å². The zero-order chi connectivity index (χ0) is 17.6. The fourth-order valence-electron chi connectivity index (χ4n) is 2.75. The van der Waals surface area contributed by atoms with Gasteiger partial charge in [0.15, 0.2) is 0 Å². The Morgan fingerprint density at radius 1 is 1.26 bits per heavy atom. The third-order valence-electron chi connectivity index (χ3n) is 4.09. The zero-order valence-electron chi connectivity index (χ0n) is 15.1. The molecule has 0 aromatic carbocycles. The summed E-state index contributed by atoms with van der Waals surface area (Å²) in [5.41, 5.74) is 2.98. The first-order valence-electron chi connectivity index (χ1n) is 8.13. The van der Waals surface area contributed by atoms with E-state index >= 15 is 0 Å². The van der Waals surface area contributed by atoms with Crippen LogP contribution in [0.15, 0.2) is 0 Å². The predicted molar refractivity (Wildman–Crippen MR) is 90.2 cm³/mol. The summed E-state index contributed by atoms with van der Waals surface area (Å²) in [5.74, 6) is 0.0577. The van der Waals surface area contributed by atoms with Gasteiger partial charge in [0, 0.05) is 44.4 Å². The molecule has 7 nitrogen and oxygen atoms in total. The highest BCUT2D eigenvalue weighted by molar-refractivity contribution is 5.78. The zero-order valence-corrected chi connectivity index (χ0v) is 15.1.